The van der Waals surface area contributed by atoms with Crippen LogP contribution in [0.5, 0.6) is 0 Å². The topological polar surface area (TPSA) is 0 Å². The zero-order valence-corrected chi connectivity index (χ0v) is 4.22. The molecule has 0 unspecified atom stereocenters. The molecule has 1 rings (SSSR count). The molecule has 0 bridgehead atoms. The van der Waals surface area contributed by atoms with E-state index in [0.29, 0.717) is 0 Å². The Morgan fingerprint density at radius 2 is 1.86 bits per heavy atom. The third-order valence-electron chi connectivity index (χ3n) is 0.936. The SMILES string of the molecule is C=C1C=CCC=C1. The largest absolute Gasteiger partial charge is 0.0918 e. The molecule has 0 amide bonds. The third kappa shape index (κ3) is 1.04. The number of hydrogen-bond acceptors (Lipinski definition) is 0. The van der Waals surface area contributed by atoms with E-state index in [2.05, 4.69) is 18.7 Å². The van der Waals surface area contributed by atoms with Crippen molar-refractivity contribution in [3.8, 4) is 0 Å². The zero-order valence-electron chi connectivity index (χ0n) is 4.22. The van der Waals surface area contributed by atoms with Crippen LogP contribution in [0.4, 0.5) is 0 Å². The van der Waals surface area contributed by atoms with Gasteiger partial charge in [0.2, 0.25) is 0 Å². The van der Waals surface area contributed by atoms with Crippen molar-refractivity contribution in [3.05, 3.63) is 36.5 Å². The van der Waals surface area contributed by atoms with Gasteiger partial charge in [0.25, 0.3) is 0 Å². The highest BCUT2D eigenvalue weighted by Gasteiger charge is 1.82. The molecule has 0 aromatic rings. The molecule has 0 spiro atoms. The molecule has 0 heteroatoms. The first-order chi connectivity index (χ1) is 3.39. The first-order valence-corrected chi connectivity index (χ1v) is 2.41. The molecule has 0 nitrogen and oxygen atoms in total. The van der Waals surface area contributed by atoms with E-state index in [0.717, 1.165) is 12.0 Å². The molecule has 0 aromatic heterocycles. The lowest BCUT2D eigenvalue weighted by Gasteiger charge is -1.92. The van der Waals surface area contributed by atoms with Crippen LogP contribution in [0.3, 0.4) is 0 Å². The highest BCUT2D eigenvalue weighted by Crippen LogP contribution is 2.03. The van der Waals surface area contributed by atoms with Gasteiger partial charge >= 0.3 is 0 Å². The molecule has 0 saturated heterocycles. The molecule has 7 heavy (non-hydrogen) atoms. The second kappa shape index (κ2) is 1.78. The van der Waals surface area contributed by atoms with Gasteiger partial charge in [-0.05, 0) is 12.0 Å². The van der Waals surface area contributed by atoms with Gasteiger partial charge < -0.3 is 0 Å². The molecule has 0 aromatic carbocycles. The molecule has 1 aliphatic carbocycles. The van der Waals surface area contributed by atoms with Crippen LogP contribution in [0.1, 0.15) is 6.42 Å². The molecule has 36 valence electrons. The summed E-state index contributed by atoms with van der Waals surface area (Å²) >= 11 is 0. The minimum absolute atomic E-state index is 1.07. The molecule has 0 atom stereocenters. The lowest BCUT2D eigenvalue weighted by atomic mass is 10.1. The summed E-state index contributed by atoms with van der Waals surface area (Å²) in [5.74, 6) is 0. The Morgan fingerprint density at radius 1 is 1.29 bits per heavy atom. The monoisotopic (exact) mass is 92.1 g/mol. The predicted molar refractivity (Wildman–Crippen MR) is 32.0 cm³/mol. The van der Waals surface area contributed by atoms with Gasteiger partial charge in [0.15, 0.2) is 0 Å². The van der Waals surface area contributed by atoms with Crippen molar-refractivity contribution >= 4 is 0 Å². The van der Waals surface area contributed by atoms with Crippen molar-refractivity contribution in [2.75, 3.05) is 0 Å². The minimum atomic E-state index is 1.07. The van der Waals surface area contributed by atoms with Crippen LogP contribution in [0.2, 0.25) is 0 Å². The van der Waals surface area contributed by atoms with Gasteiger partial charge in [0.05, 0.1) is 0 Å². The fourth-order valence-electron chi connectivity index (χ4n) is 0.573. The Hall–Kier alpha value is -0.780. The second-order valence-electron chi connectivity index (χ2n) is 1.62. The number of allylic oxidation sites excluding steroid dienone is 5. The summed E-state index contributed by atoms with van der Waals surface area (Å²) in [6.45, 7) is 3.74. The summed E-state index contributed by atoms with van der Waals surface area (Å²) in [5.41, 5.74) is 1.10. The van der Waals surface area contributed by atoms with E-state index in [1.165, 1.54) is 0 Å². The highest BCUT2D eigenvalue weighted by molar-refractivity contribution is 5.31. The molecule has 0 heterocycles. The van der Waals surface area contributed by atoms with Gasteiger partial charge in [0.1, 0.15) is 0 Å². The maximum Gasteiger partial charge on any atom is -0.0163 e. The Kier molecular flexibility index (Phi) is 1.12. The van der Waals surface area contributed by atoms with E-state index in [9.17, 15) is 0 Å². The molecule has 1 aliphatic rings. The molecule has 0 saturated carbocycles. The van der Waals surface area contributed by atoms with E-state index in [-0.39, 0.29) is 0 Å². The smallest absolute Gasteiger partial charge is 0.0163 e. The Morgan fingerprint density at radius 3 is 2.14 bits per heavy atom. The highest BCUT2D eigenvalue weighted by atomic mass is 13.9. The average Bonchev–Trinajstić information content (AvgIpc) is 1.69. The fourth-order valence-corrected chi connectivity index (χ4v) is 0.573. The molecule has 0 aliphatic heterocycles. The summed E-state index contributed by atoms with van der Waals surface area (Å²) in [4.78, 5) is 0. The first-order valence-electron chi connectivity index (χ1n) is 2.41. The van der Waals surface area contributed by atoms with Crippen molar-refractivity contribution in [2.24, 2.45) is 0 Å². The summed E-state index contributed by atoms with van der Waals surface area (Å²) in [6, 6.07) is 0. The Bertz CT molecular complexity index is 113. The van der Waals surface area contributed by atoms with E-state index in [1.54, 1.807) is 0 Å². The molecule has 0 fully saturated rings. The van der Waals surface area contributed by atoms with Crippen LogP contribution in [-0.4, -0.2) is 0 Å². The summed E-state index contributed by atoms with van der Waals surface area (Å²) in [7, 11) is 0. The first kappa shape index (κ1) is 4.38. The Balaban J connectivity index is 2.66. The van der Waals surface area contributed by atoms with Crippen LogP contribution >= 0.6 is 0 Å². The standard InChI is InChI=1S/C7H8/c1-7-5-3-2-4-6-7/h3-6H,1-2H2. The van der Waals surface area contributed by atoms with Crippen LogP contribution in [0, 0.1) is 0 Å². The third-order valence-corrected chi connectivity index (χ3v) is 0.936. The summed E-state index contributed by atoms with van der Waals surface area (Å²) in [5, 5.41) is 0. The number of rotatable bonds is 0. The fraction of sp³-hybridized carbons (Fsp3) is 0.143. The quantitative estimate of drug-likeness (QED) is 0.429. The summed E-state index contributed by atoms with van der Waals surface area (Å²) < 4.78 is 0. The predicted octanol–water partition coefficient (Wildman–Crippen LogP) is 2.06. The van der Waals surface area contributed by atoms with Crippen molar-refractivity contribution in [2.45, 2.75) is 6.42 Å². The van der Waals surface area contributed by atoms with Crippen molar-refractivity contribution in [3.63, 3.8) is 0 Å². The van der Waals surface area contributed by atoms with Crippen molar-refractivity contribution in [1.82, 2.24) is 0 Å². The van der Waals surface area contributed by atoms with Gasteiger partial charge in [-0.15, -0.1) is 0 Å². The van der Waals surface area contributed by atoms with Gasteiger partial charge in [-0.2, -0.15) is 0 Å². The van der Waals surface area contributed by atoms with Crippen LogP contribution < -0.4 is 0 Å². The van der Waals surface area contributed by atoms with E-state index >= 15 is 0 Å². The van der Waals surface area contributed by atoms with E-state index in [1.807, 2.05) is 12.2 Å². The van der Waals surface area contributed by atoms with Crippen LogP contribution in [0.25, 0.3) is 0 Å². The van der Waals surface area contributed by atoms with Crippen LogP contribution in [0.15, 0.2) is 36.5 Å². The maximum atomic E-state index is 3.74. The van der Waals surface area contributed by atoms with Gasteiger partial charge in [-0.1, -0.05) is 30.9 Å². The van der Waals surface area contributed by atoms with Crippen LogP contribution in [-0.2, 0) is 0 Å². The lowest BCUT2D eigenvalue weighted by molar-refractivity contribution is 1.35. The maximum absolute atomic E-state index is 3.74. The van der Waals surface area contributed by atoms with E-state index in [4.69, 9.17) is 0 Å². The van der Waals surface area contributed by atoms with E-state index < -0.39 is 0 Å². The summed E-state index contributed by atoms with van der Waals surface area (Å²) in [6.07, 6.45) is 9.32. The molecular formula is C7H8. The van der Waals surface area contributed by atoms with Gasteiger partial charge in [0, 0.05) is 0 Å². The second-order valence-corrected chi connectivity index (χ2v) is 1.62. The Labute approximate surface area is 43.9 Å². The normalized spacial score (nSPS) is 18.0. The minimum Gasteiger partial charge on any atom is -0.0918 e. The number of hydrogen-bond donors (Lipinski definition) is 0. The molecule has 0 radical (unpaired) electrons. The lowest BCUT2D eigenvalue weighted by Crippen LogP contribution is -1.72. The van der Waals surface area contributed by atoms with Crippen molar-refractivity contribution in [1.29, 1.82) is 0 Å². The average molecular weight is 92.1 g/mol. The van der Waals surface area contributed by atoms with Gasteiger partial charge in [-0.3, -0.25) is 0 Å². The van der Waals surface area contributed by atoms with Gasteiger partial charge in [-0.25, -0.2) is 0 Å². The molecule has 0 N–H and O–H groups in total. The van der Waals surface area contributed by atoms with Crippen molar-refractivity contribution < 1.29 is 0 Å². The molecular weight excluding hydrogens is 84.1 g/mol. The zero-order chi connectivity index (χ0) is 5.11.